The van der Waals surface area contributed by atoms with Crippen molar-refractivity contribution in [3.63, 3.8) is 0 Å². The molecule has 0 fully saturated rings. The van der Waals surface area contributed by atoms with E-state index in [-0.39, 0.29) is 11.8 Å². The van der Waals surface area contributed by atoms with Gasteiger partial charge in [-0.2, -0.15) is 0 Å². The first-order chi connectivity index (χ1) is 10.6. The lowest BCUT2D eigenvalue weighted by atomic mass is 10.2. The number of nitrogens with one attached hydrogen (secondary N) is 2. The molecule has 0 spiro atoms. The minimum atomic E-state index is -0.294. The molecule has 114 valence electrons. The molecule has 0 aliphatic carbocycles. The Labute approximate surface area is 133 Å². The van der Waals surface area contributed by atoms with Crippen LogP contribution < -0.4 is 10.6 Å². The number of hydrogen-bond acceptors (Lipinski definition) is 3. The number of benzene rings is 1. The van der Waals surface area contributed by atoms with Crippen LogP contribution in [0.2, 0.25) is 5.02 Å². The highest BCUT2D eigenvalue weighted by Crippen LogP contribution is 2.14. The Morgan fingerprint density at radius 1 is 1.18 bits per heavy atom. The molecule has 6 heteroatoms. The summed E-state index contributed by atoms with van der Waals surface area (Å²) in [7, 11) is 0. The molecular weight excluding hydrogens is 302 g/mol. The number of pyridine rings is 1. The first kappa shape index (κ1) is 16.0. The Kier molecular flexibility index (Phi) is 5.49. The van der Waals surface area contributed by atoms with E-state index in [2.05, 4.69) is 15.6 Å². The summed E-state index contributed by atoms with van der Waals surface area (Å²) in [6.07, 6.45) is 2.75. The van der Waals surface area contributed by atoms with Gasteiger partial charge in [-0.25, -0.2) is 4.98 Å². The molecule has 1 heterocycles. The number of carbonyl (C=O) groups excluding carboxylic acids is 2. The number of anilines is 2. The molecular formula is C16H16ClN3O2. The number of rotatable bonds is 5. The molecule has 0 unspecified atom stereocenters. The summed E-state index contributed by atoms with van der Waals surface area (Å²) in [5, 5.41) is 5.90. The fourth-order valence-electron chi connectivity index (χ4n) is 1.81. The molecule has 22 heavy (non-hydrogen) atoms. The first-order valence-corrected chi connectivity index (χ1v) is 7.29. The minimum absolute atomic E-state index is 0.0555. The zero-order chi connectivity index (χ0) is 15.9. The molecule has 2 aromatic rings. The lowest BCUT2D eigenvalue weighted by molar-refractivity contribution is -0.116. The monoisotopic (exact) mass is 317 g/mol. The Morgan fingerprint density at radius 2 is 2.00 bits per heavy atom. The van der Waals surface area contributed by atoms with Crippen LogP contribution in [-0.4, -0.2) is 16.8 Å². The quantitative estimate of drug-likeness (QED) is 0.882. The summed E-state index contributed by atoms with van der Waals surface area (Å²) in [6.45, 7) is 1.94. The highest BCUT2D eigenvalue weighted by Gasteiger charge is 2.07. The van der Waals surface area contributed by atoms with Gasteiger partial charge < -0.3 is 10.6 Å². The van der Waals surface area contributed by atoms with Gasteiger partial charge in [-0.3, -0.25) is 9.59 Å². The molecule has 0 aliphatic heterocycles. The van der Waals surface area contributed by atoms with Crippen LogP contribution in [0.4, 0.5) is 11.5 Å². The number of aromatic nitrogens is 1. The minimum Gasteiger partial charge on any atom is -0.325 e. The topological polar surface area (TPSA) is 71.1 Å². The SMILES string of the molecule is CCCC(=O)Nc1ccc(NC(=O)c2cccc(Cl)c2)nc1. The zero-order valence-electron chi connectivity index (χ0n) is 12.1. The fourth-order valence-corrected chi connectivity index (χ4v) is 2.00. The van der Waals surface area contributed by atoms with E-state index < -0.39 is 0 Å². The lowest BCUT2D eigenvalue weighted by Gasteiger charge is -2.07. The Bertz CT molecular complexity index is 671. The van der Waals surface area contributed by atoms with Crippen LogP contribution in [-0.2, 0) is 4.79 Å². The van der Waals surface area contributed by atoms with Crippen LogP contribution in [0.15, 0.2) is 42.6 Å². The van der Waals surface area contributed by atoms with E-state index >= 15 is 0 Å². The Hall–Kier alpha value is -2.40. The fraction of sp³-hybridized carbons (Fsp3) is 0.188. The third-order valence-electron chi connectivity index (χ3n) is 2.85. The van der Waals surface area contributed by atoms with Gasteiger partial charge in [-0.05, 0) is 36.8 Å². The van der Waals surface area contributed by atoms with Crippen molar-refractivity contribution < 1.29 is 9.59 Å². The van der Waals surface area contributed by atoms with Crippen molar-refractivity contribution in [1.82, 2.24) is 4.98 Å². The van der Waals surface area contributed by atoms with Gasteiger partial charge in [0.05, 0.1) is 11.9 Å². The van der Waals surface area contributed by atoms with Crippen LogP contribution in [0, 0.1) is 0 Å². The second-order valence-corrected chi connectivity index (χ2v) is 5.13. The summed E-state index contributed by atoms with van der Waals surface area (Å²) >= 11 is 5.85. The summed E-state index contributed by atoms with van der Waals surface area (Å²) in [4.78, 5) is 27.6. The molecule has 0 aliphatic rings. The molecule has 0 atom stereocenters. The molecule has 2 amide bonds. The van der Waals surface area contributed by atoms with Gasteiger partial charge in [0, 0.05) is 17.0 Å². The molecule has 0 saturated heterocycles. The average Bonchev–Trinajstić information content (AvgIpc) is 2.49. The van der Waals surface area contributed by atoms with E-state index in [0.29, 0.717) is 28.5 Å². The van der Waals surface area contributed by atoms with Gasteiger partial charge >= 0.3 is 0 Å². The van der Waals surface area contributed by atoms with E-state index in [4.69, 9.17) is 11.6 Å². The second-order valence-electron chi connectivity index (χ2n) is 4.69. The average molecular weight is 318 g/mol. The third kappa shape index (κ3) is 4.56. The van der Waals surface area contributed by atoms with Crippen molar-refractivity contribution in [2.24, 2.45) is 0 Å². The van der Waals surface area contributed by atoms with Gasteiger partial charge in [0.15, 0.2) is 0 Å². The van der Waals surface area contributed by atoms with Crippen molar-refractivity contribution in [2.75, 3.05) is 10.6 Å². The first-order valence-electron chi connectivity index (χ1n) is 6.91. The highest BCUT2D eigenvalue weighted by atomic mass is 35.5. The van der Waals surface area contributed by atoms with E-state index in [1.807, 2.05) is 6.92 Å². The maximum atomic E-state index is 12.0. The van der Waals surface area contributed by atoms with Gasteiger partial charge in [0.25, 0.3) is 5.91 Å². The third-order valence-corrected chi connectivity index (χ3v) is 3.09. The van der Waals surface area contributed by atoms with Crippen LogP contribution >= 0.6 is 11.6 Å². The molecule has 1 aromatic heterocycles. The van der Waals surface area contributed by atoms with Gasteiger partial charge in [0.2, 0.25) is 5.91 Å². The largest absolute Gasteiger partial charge is 0.325 e. The van der Waals surface area contributed by atoms with Gasteiger partial charge in [-0.15, -0.1) is 0 Å². The molecule has 2 N–H and O–H groups in total. The number of halogens is 1. The second kappa shape index (κ2) is 7.56. The summed E-state index contributed by atoms with van der Waals surface area (Å²) in [5.74, 6) is 0.0521. The van der Waals surface area contributed by atoms with Crippen LogP contribution in [0.5, 0.6) is 0 Å². The number of carbonyl (C=O) groups is 2. The van der Waals surface area contributed by atoms with Crippen LogP contribution in [0.3, 0.4) is 0 Å². The van der Waals surface area contributed by atoms with Crippen molar-refractivity contribution in [3.05, 3.63) is 53.2 Å². The molecule has 2 rings (SSSR count). The van der Waals surface area contributed by atoms with Crippen molar-refractivity contribution >= 4 is 34.9 Å². The molecule has 0 radical (unpaired) electrons. The zero-order valence-corrected chi connectivity index (χ0v) is 12.9. The molecule has 5 nitrogen and oxygen atoms in total. The van der Waals surface area contributed by atoms with E-state index in [0.717, 1.165) is 6.42 Å². The standard InChI is InChI=1S/C16H16ClN3O2/c1-2-4-15(21)19-13-7-8-14(18-10-13)20-16(22)11-5-3-6-12(17)9-11/h3,5-10H,2,4H2,1H3,(H,19,21)(H,18,20,22). The lowest BCUT2D eigenvalue weighted by Crippen LogP contribution is -2.14. The van der Waals surface area contributed by atoms with Gasteiger partial charge in [-0.1, -0.05) is 24.6 Å². The van der Waals surface area contributed by atoms with Crippen molar-refractivity contribution in [1.29, 1.82) is 0 Å². The molecule has 0 saturated carbocycles. The Balaban J connectivity index is 1.99. The number of hydrogen-bond donors (Lipinski definition) is 2. The van der Waals surface area contributed by atoms with E-state index in [1.54, 1.807) is 36.4 Å². The summed E-state index contributed by atoms with van der Waals surface area (Å²) in [6, 6.07) is 9.97. The predicted octanol–water partition coefficient (Wildman–Crippen LogP) is 3.73. The maximum Gasteiger partial charge on any atom is 0.256 e. The predicted molar refractivity (Wildman–Crippen MR) is 87.2 cm³/mol. The molecule has 1 aromatic carbocycles. The van der Waals surface area contributed by atoms with E-state index in [1.165, 1.54) is 6.20 Å². The number of nitrogens with zero attached hydrogens (tertiary/aromatic N) is 1. The van der Waals surface area contributed by atoms with Crippen LogP contribution in [0.25, 0.3) is 0 Å². The summed E-state index contributed by atoms with van der Waals surface area (Å²) in [5.41, 5.74) is 1.05. The normalized spacial score (nSPS) is 10.1. The smallest absolute Gasteiger partial charge is 0.256 e. The van der Waals surface area contributed by atoms with Gasteiger partial charge in [0.1, 0.15) is 5.82 Å². The summed E-state index contributed by atoms with van der Waals surface area (Å²) < 4.78 is 0. The van der Waals surface area contributed by atoms with Crippen LogP contribution in [0.1, 0.15) is 30.1 Å². The van der Waals surface area contributed by atoms with E-state index in [9.17, 15) is 9.59 Å². The van der Waals surface area contributed by atoms with Crippen molar-refractivity contribution in [2.45, 2.75) is 19.8 Å². The Morgan fingerprint density at radius 3 is 2.64 bits per heavy atom. The maximum absolute atomic E-state index is 12.0. The highest BCUT2D eigenvalue weighted by molar-refractivity contribution is 6.31. The molecule has 0 bridgehead atoms. The van der Waals surface area contributed by atoms with Crippen molar-refractivity contribution in [3.8, 4) is 0 Å². The number of amides is 2.